The van der Waals surface area contributed by atoms with Gasteiger partial charge in [-0.3, -0.25) is 4.79 Å². The standard InChI is InChI=1S/C13H16FN3O4/c1-13(2,11(15)20)6-16-12(21)17-9-7(10(18)19)4-3-5-8(9)14/h3-5H,6H2,1-2H3,(H2,15,20)(H,18,19)(H2,16,17,21). The predicted molar refractivity (Wildman–Crippen MR) is 73.4 cm³/mol. The number of hydrogen-bond acceptors (Lipinski definition) is 3. The van der Waals surface area contributed by atoms with Gasteiger partial charge in [-0.2, -0.15) is 0 Å². The van der Waals surface area contributed by atoms with Crippen molar-refractivity contribution in [3.05, 3.63) is 29.6 Å². The average molecular weight is 297 g/mol. The van der Waals surface area contributed by atoms with Gasteiger partial charge in [-0.25, -0.2) is 14.0 Å². The lowest BCUT2D eigenvalue weighted by Gasteiger charge is -2.21. The second-order valence-corrected chi connectivity index (χ2v) is 5.02. The molecule has 0 saturated heterocycles. The van der Waals surface area contributed by atoms with Crippen molar-refractivity contribution in [2.24, 2.45) is 11.1 Å². The van der Waals surface area contributed by atoms with Crippen molar-refractivity contribution in [1.29, 1.82) is 0 Å². The molecule has 0 aliphatic heterocycles. The number of para-hydroxylation sites is 1. The molecule has 1 rings (SSSR count). The second-order valence-electron chi connectivity index (χ2n) is 5.02. The minimum Gasteiger partial charge on any atom is -0.478 e. The number of primary amides is 1. The van der Waals surface area contributed by atoms with Crippen LogP contribution in [0, 0.1) is 11.2 Å². The number of nitrogens with two attached hydrogens (primary N) is 1. The van der Waals surface area contributed by atoms with Gasteiger partial charge in [0.05, 0.1) is 16.7 Å². The first-order valence-electron chi connectivity index (χ1n) is 6.01. The third kappa shape index (κ3) is 4.16. The predicted octanol–water partition coefficient (Wildman–Crippen LogP) is 1.16. The van der Waals surface area contributed by atoms with Crippen LogP contribution in [0.5, 0.6) is 0 Å². The number of aromatic carboxylic acids is 1. The largest absolute Gasteiger partial charge is 0.478 e. The summed E-state index contributed by atoms with van der Waals surface area (Å²) in [5.41, 5.74) is 3.34. The zero-order valence-corrected chi connectivity index (χ0v) is 11.6. The summed E-state index contributed by atoms with van der Waals surface area (Å²) in [7, 11) is 0. The highest BCUT2D eigenvalue weighted by molar-refractivity contribution is 6.00. The molecular formula is C13H16FN3O4. The van der Waals surface area contributed by atoms with E-state index in [-0.39, 0.29) is 12.1 Å². The van der Waals surface area contributed by atoms with Crippen LogP contribution in [0.2, 0.25) is 0 Å². The summed E-state index contributed by atoms with van der Waals surface area (Å²) < 4.78 is 13.6. The molecule has 0 aliphatic carbocycles. The lowest BCUT2D eigenvalue weighted by molar-refractivity contribution is -0.125. The molecule has 0 unspecified atom stereocenters. The molecule has 0 fully saturated rings. The van der Waals surface area contributed by atoms with Crippen LogP contribution in [-0.4, -0.2) is 29.6 Å². The van der Waals surface area contributed by atoms with Gasteiger partial charge in [0.15, 0.2) is 0 Å². The first-order chi connectivity index (χ1) is 9.65. The Morgan fingerprint density at radius 1 is 1.33 bits per heavy atom. The number of rotatable bonds is 5. The SMILES string of the molecule is CC(C)(CNC(=O)Nc1c(F)cccc1C(=O)O)C(N)=O. The van der Waals surface area contributed by atoms with Crippen molar-refractivity contribution in [3.8, 4) is 0 Å². The quantitative estimate of drug-likeness (QED) is 0.651. The molecule has 0 aliphatic rings. The second kappa shape index (κ2) is 6.21. The number of benzene rings is 1. The maximum atomic E-state index is 13.6. The summed E-state index contributed by atoms with van der Waals surface area (Å²) in [6.07, 6.45) is 0. The normalized spacial score (nSPS) is 10.8. The summed E-state index contributed by atoms with van der Waals surface area (Å²) in [6, 6.07) is 2.57. The van der Waals surface area contributed by atoms with Crippen LogP contribution in [0.25, 0.3) is 0 Å². The fraction of sp³-hybridized carbons (Fsp3) is 0.308. The summed E-state index contributed by atoms with van der Waals surface area (Å²) in [5.74, 6) is -2.86. The summed E-state index contributed by atoms with van der Waals surface area (Å²) in [4.78, 5) is 33.7. The Morgan fingerprint density at radius 2 is 1.95 bits per heavy atom. The van der Waals surface area contributed by atoms with Crippen molar-refractivity contribution in [1.82, 2.24) is 5.32 Å². The molecule has 1 aromatic rings. The third-order valence-corrected chi connectivity index (χ3v) is 2.84. The Kier molecular flexibility index (Phi) is 4.85. The number of hydrogen-bond donors (Lipinski definition) is 4. The monoisotopic (exact) mass is 297 g/mol. The Labute approximate surface area is 120 Å². The number of nitrogens with one attached hydrogen (secondary N) is 2. The van der Waals surface area contributed by atoms with Crippen LogP contribution in [0.4, 0.5) is 14.9 Å². The molecule has 5 N–H and O–H groups in total. The number of anilines is 1. The molecule has 7 nitrogen and oxygen atoms in total. The van der Waals surface area contributed by atoms with Gasteiger partial charge in [0.2, 0.25) is 5.91 Å². The average Bonchev–Trinajstić information content (AvgIpc) is 2.38. The Bertz CT molecular complexity index is 587. The summed E-state index contributed by atoms with van der Waals surface area (Å²) >= 11 is 0. The molecule has 0 aromatic heterocycles. The number of carboxylic acids is 1. The molecule has 0 atom stereocenters. The van der Waals surface area contributed by atoms with E-state index >= 15 is 0 Å². The van der Waals surface area contributed by atoms with Gasteiger partial charge in [-0.15, -0.1) is 0 Å². The van der Waals surface area contributed by atoms with Gasteiger partial charge in [0.25, 0.3) is 0 Å². The van der Waals surface area contributed by atoms with E-state index in [0.717, 1.165) is 12.1 Å². The van der Waals surface area contributed by atoms with Gasteiger partial charge in [-0.1, -0.05) is 6.07 Å². The molecule has 0 radical (unpaired) electrons. The van der Waals surface area contributed by atoms with Crippen molar-refractivity contribution >= 4 is 23.6 Å². The van der Waals surface area contributed by atoms with E-state index in [4.69, 9.17) is 10.8 Å². The molecule has 0 spiro atoms. The number of halogens is 1. The van der Waals surface area contributed by atoms with E-state index in [0.29, 0.717) is 0 Å². The van der Waals surface area contributed by atoms with Crippen LogP contribution in [0.1, 0.15) is 24.2 Å². The molecule has 0 heterocycles. The van der Waals surface area contributed by atoms with Gasteiger partial charge >= 0.3 is 12.0 Å². The highest BCUT2D eigenvalue weighted by Crippen LogP contribution is 2.20. The summed E-state index contributed by atoms with van der Waals surface area (Å²) in [6.45, 7) is 2.98. The van der Waals surface area contributed by atoms with Crippen molar-refractivity contribution in [2.75, 3.05) is 11.9 Å². The topological polar surface area (TPSA) is 122 Å². The number of carbonyl (C=O) groups excluding carboxylic acids is 2. The molecule has 0 bridgehead atoms. The molecule has 8 heteroatoms. The highest BCUT2D eigenvalue weighted by atomic mass is 19.1. The fourth-order valence-electron chi connectivity index (χ4n) is 1.38. The van der Waals surface area contributed by atoms with E-state index in [1.165, 1.54) is 19.9 Å². The maximum Gasteiger partial charge on any atom is 0.337 e. The van der Waals surface area contributed by atoms with Crippen molar-refractivity contribution < 1.29 is 23.9 Å². The first kappa shape index (κ1) is 16.4. The molecule has 0 saturated carbocycles. The van der Waals surface area contributed by atoms with Gasteiger partial charge in [0, 0.05) is 6.54 Å². The molecule has 114 valence electrons. The van der Waals surface area contributed by atoms with Crippen LogP contribution < -0.4 is 16.4 Å². The summed E-state index contributed by atoms with van der Waals surface area (Å²) in [5, 5.41) is 13.4. The molecular weight excluding hydrogens is 281 g/mol. The Morgan fingerprint density at radius 3 is 2.48 bits per heavy atom. The van der Waals surface area contributed by atoms with E-state index in [1.54, 1.807) is 0 Å². The van der Waals surface area contributed by atoms with Crippen LogP contribution in [0.3, 0.4) is 0 Å². The van der Waals surface area contributed by atoms with E-state index in [2.05, 4.69) is 10.6 Å². The minimum absolute atomic E-state index is 0.0783. The van der Waals surface area contributed by atoms with Crippen molar-refractivity contribution in [2.45, 2.75) is 13.8 Å². The number of carbonyl (C=O) groups is 3. The lowest BCUT2D eigenvalue weighted by atomic mass is 9.93. The first-order valence-corrected chi connectivity index (χ1v) is 6.01. The number of amides is 3. The van der Waals surface area contributed by atoms with E-state index < -0.39 is 34.8 Å². The van der Waals surface area contributed by atoms with Gasteiger partial charge in [0.1, 0.15) is 5.82 Å². The van der Waals surface area contributed by atoms with Gasteiger partial charge in [-0.05, 0) is 26.0 Å². The smallest absolute Gasteiger partial charge is 0.337 e. The highest BCUT2D eigenvalue weighted by Gasteiger charge is 2.26. The molecule has 1 aromatic carbocycles. The zero-order chi connectivity index (χ0) is 16.2. The number of urea groups is 1. The minimum atomic E-state index is -1.37. The Hall–Kier alpha value is -2.64. The molecule has 21 heavy (non-hydrogen) atoms. The third-order valence-electron chi connectivity index (χ3n) is 2.84. The fourth-order valence-corrected chi connectivity index (χ4v) is 1.38. The van der Waals surface area contributed by atoms with E-state index in [1.807, 2.05) is 0 Å². The van der Waals surface area contributed by atoms with Crippen LogP contribution in [0.15, 0.2) is 18.2 Å². The number of carboxylic acid groups (broad SMARTS) is 1. The Balaban J connectivity index is 2.81. The van der Waals surface area contributed by atoms with Crippen LogP contribution >= 0.6 is 0 Å². The van der Waals surface area contributed by atoms with Crippen LogP contribution in [-0.2, 0) is 4.79 Å². The van der Waals surface area contributed by atoms with Gasteiger partial charge < -0.3 is 21.5 Å². The zero-order valence-electron chi connectivity index (χ0n) is 11.6. The van der Waals surface area contributed by atoms with Crippen molar-refractivity contribution in [3.63, 3.8) is 0 Å². The molecule has 3 amide bonds. The van der Waals surface area contributed by atoms with E-state index in [9.17, 15) is 18.8 Å². The maximum absolute atomic E-state index is 13.6. The lowest BCUT2D eigenvalue weighted by Crippen LogP contribution is -2.43.